The van der Waals surface area contributed by atoms with Crippen molar-refractivity contribution in [1.82, 2.24) is 15.5 Å². The van der Waals surface area contributed by atoms with Gasteiger partial charge in [-0.25, -0.2) is 0 Å². The molecular weight excluding hydrogens is 260 g/mol. The van der Waals surface area contributed by atoms with Crippen molar-refractivity contribution < 1.29 is 9.72 Å². The molecule has 2 rings (SSSR count). The van der Waals surface area contributed by atoms with Gasteiger partial charge in [0.05, 0.1) is 23.1 Å². The minimum absolute atomic E-state index is 0.0179. The maximum absolute atomic E-state index is 12.0. The lowest BCUT2D eigenvalue weighted by atomic mass is 10.00. The minimum atomic E-state index is -0.473. The zero-order valence-corrected chi connectivity index (χ0v) is 10.9. The number of nitro groups is 1. The van der Waals surface area contributed by atoms with Crippen LogP contribution >= 0.6 is 0 Å². The minimum Gasteiger partial charge on any atom is -0.350 e. The van der Waals surface area contributed by atoms with Gasteiger partial charge >= 0.3 is 0 Å². The number of nitrogens with zero attached hydrogens (tertiary/aromatic N) is 2. The van der Waals surface area contributed by atoms with E-state index in [0.717, 1.165) is 5.69 Å². The Kier molecular flexibility index (Phi) is 4.09. The van der Waals surface area contributed by atoms with E-state index in [2.05, 4.69) is 15.5 Å². The molecule has 20 heavy (non-hydrogen) atoms. The summed E-state index contributed by atoms with van der Waals surface area (Å²) in [5, 5.41) is 20.0. The van der Waals surface area contributed by atoms with Crippen LogP contribution in [0.5, 0.6) is 0 Å². The predicted octanol–water partition coefficient (Wildman–Crippen LogP) is 1.74. The molecule has 1 heterocycles. The molecule has 0 bridgehead atoms. The van der Waals surface area contributed by atoms with Crippen LogP contribution in [0.2, 0.25) is 0 Å². The third kappa shape index (κ3) is 3.19. The second-order valence-electron chi connectivity index (χ2n) is 4.37. The summed E-state index contributed by atoms with van der Waals surface area (Å²) in [4.78, 5) is 22.3. The van der Waals surface area contributed by atoms with Crippen LogP contribution in [0.25, 0.3) is 0 Å². The highest BCUT2D eigenvalue weighted by Gasteiger charge is 2.17. The van der Waals surface area contributed by atoms with E-state index >= 15 is 0 Å². The first-order chi connectivity index (χ1) is 9.58. The van der Waals surface area contributed by atoms with Crippen molar-refractivity contribution >= 4 is 11.6 Å². The lowest BCUT2D eigenvalue weighted by molar-refractivity contribution is -0.384. The molecule has 1 unspecified atom stereocenters. The van der Waals surface area contributed by atoms with Crippen molar-refractivity contribution in [3.63, 3.8) is 0 Å². The lowest BCUT2D eigenvalue weighted by Crippen LogP contribution is -2.27. The van der Waals surface area contributed by atoms with Crippen LogP contribution in [0.3, 0.4) is 0 Å². The van der Waals surface area contributed by atoms with Gasteiger partial charge in [0.25, 0.3) is 5.69 Å². The van der Waals surface area contributed by atoms with Crippen LogP contribution in [0, 0.1) is 10.1 Å². The standard InChI is InChI=1S/C13H14N4O3/c1-9(10-3-2-4-12(7-10)17(19)20)13(18)14-8-11-5-6-15-16-11/h2-7,9H,8H2,1H3,(H,14,18)(H,15,16). The topological polar surface area (TPSA) is 101 Å². The average molecular weight is 274 g/mol. The van der Waals surface area contributed by atoms with Gasteiger partial charge < -0.3 is 5.32 Å². The molecule has 1 amide bonds. The fourth-order valence-electron chi connectivity index (χ4n) is 1.78. The zero-order valence-electron chi connectivity index (χ0n) is 10.9. The van der Waals surface area contributed by atoms with Crippen molar-refractivity contribution in [3.8, 4) is 0 Å². The lowest BCUT2D eigenvalue weighted by Gasteiger charge is -2.11. The summed E-state index contributed by atoms with van der Waals surface area (Å²) in [6.07, 6.45) is 1.60. The molecule has 1 atom stereocenters. The van der Waals surface area contributed by atoms with Gasteiger partial charge in [0.2, 0.25) is 5.91 Å². The summed E-state index contributed by atoms with van der Waals surface area (Å²) < 4.78 is 0. The van der Waals surface area contributed by atoms with Gasteiger partial charge in [-0.3, -0.25) is 20.0 Å². The molecule has 104 valence electrons. The summed E-state index contributed by atoms with van der Waals surface area (Å²) in [6, 6.07) is 7.86. The van der Waals surface area contributed by atoms with Crippen LogP contribution in [-0.4, -0.2) is 21.0 Å². The van der Waals surface area contributed by atoms with Crippen LogP contribution < -0.4 is 5.32 Å². The molecule has 1 aromatic heterocycles. The zero-order chi connectivity index (χ0) is 14.5. The molecular formula is C13H14N4O3. The Morgan fingerprint density at radius 2 is 2.30 bits per heavy atom. The molecule has 7 nitrogen and oxygen atoms in total. The summed E-state index contributed by atoms with van der Waals surface area (Å²) in [6.45, 7) is 2.06. The molecule has 0 aliphatic rings. The van der Waals surface area contributed by atoms with E-state index in [-0.39, 0.29) is 11.6 Å². The first-order valence-corrected chi connectivity index (χ1v) is 6.08. The molecule has 7 heteroatoms. The number of hydrogen-bond acceptors (Lipinski definition) is 4. The highest BCUT2D eigenvalue weighted by atomic mass is 16.6. The Hall–Kier alpha value is -2.70. The highest BCUT2D eigenvalue weighted by molar-refractivity contribution is 5.83. The Bertz CT molecular complexity index is 610. The van der Waals surface area contributed by atoms with Gasteiger partial charge in [0, 0.05) is 18.3 Å². The van der Waals surface area contributed by atoms with Crippen molar-refractivity contribution in [1.29, 1.82) is 0 Å². The highest BCUT2D eigenvalue weighted by Crippen LogP contribution is 2.20. The molecule has 2 aromatic rings. The van der Waals surface area contributed by atoms with Crippen molar-refractivity contribution in [2.75, 3.05) is 0 Å². The van der Waals surface area contributed by atoms with E-state index in [0.29, 0.717) is 12.1 Å². The number of H-pyrrole nitrogens is 1. The second-order valence-corrected chi connectivity index (χ2v) is 4.37. The van der Waals surface area contributed by atoms with Crippen LogP contribution in [0.1, 0.15) is 24.1 Å². The number of non-ortho nitro benzene ring substituents is 1. The number of rotatable bonds is 5. The predicted molar refractivity (Wildman–Crippen MR) is 71.9 cm³/mol. The molecule has 0 aliphatic heterocycles. The van der Waals surface area contributed by atoms with E-state index in [1.54, 1.807) is 31.3 Å². The fourth-order valence-corrected chi connectivity index (χ4v) is 1.78. The van der Waals surface area contributed by atoms with E-state index in [1.165, 1.54) is 12.1 Å². The summed E-state index contributed by atoms with van der Waals surface area (Å²) in [5.74, 6) is -0.655. The number of nitro benzene ring substituents is 1. The van der Waals surface area contributed by atoms with Gasteiger partial charge in [0.1, 0.15) is 0 Å². The molecule has 0 spiro atoms. The summed E-state index contributed by atoms with van der Waals surface area (Å²) >= 11 is 0. The van der Waals surface area contributed by atoms with Crippen molar-refractivity contribution in [3.05, 3.63) is 57.9 Å². The van der Waals surface area contributed by atoms with Gasteiger partial charge in [0.15, 0.2) is 0 Å². The van der Waals surface area contributed by atoms with Crippen LogP contribution in [0.4, 0.5) is 5.69 Å². The summed E-state index contributed by atoms with van der Waals surface area (Å²) in [5.41, 5.74) is 1.39. The normalized spacial score (nSPS) is 11.8. The number of aromatic nitrogens is 2. The third-order valence-corrected chi connectivity index (χ3v) is 2.99. The Morgan fingerprint density at radius 3 is 2.95 bits per heavy atom. The van der Waals surface area contributed by atoms with Crippen molar-refractivity contribution in [2.45, 2.75) is 19.4 Å². The molecule has 1 aromatic carbocycles. The van der Waals surface area contributed by atoms with Gasteiger partial charge in [-0.2, -0.15) is 5.10 Å². The van der Waals surface area contributed by atoms with Gasteiger partial charge in [-0.1, -0.05) is 12.1 Å². The van der Waals surface area contributed by atoms with Gasteiger partial charge in [-0.05, 0) is 18.6 Å². The monoisotopic (exact) mass is 274 g/mol. The smallest absolute Gasteiger partial charge is 0.269 e. The quantitative estimate of drug-likeness (QED) is 0.640. The third-order valence-electron chi connectivity index (χ3n) is 2.99. The number of benzene rings is 1. The molecule has 0 saturated heterocycles. The van der Waals surface area contributed by atoms with E-state index < -0.39 is 10.8 Å². The van der Waals surface area contributed by atoms with E-state index in [4.69, 9.17) is 0 Å². The second kappa shape index (κ2) is 5.96. The average Bonchev–Trinajstić information content (AvgIpc) is 2.97. The van der Waals surface area contributed by atoms with Crippen LogP contribution in [0.15, 0.2) is 36.5 Å². The van der Waals surface area contributed by atoms with Crippen LogP contribution in [-0.2, 0) is 11.3 Å². The van der Waals surface area contributed by atoms with Gasteiger partial charge in [-0.15, -0.1) is 0 Å². The molecule has 2 N–H and O–H groups in total. The molecule has 0 radical (unpaired) electrons. The number of carbonyl (C=O) groups excluding carboxylic acids is 1. The van der Waals surface area contributed by atoms with Crippen molar-refractivity contribution in [2.24, 2.45) is 0 Å². The number of nitrogens with one attached hydrogen (secondary N) is 2. The maximum Gasteiger partial charge on any atom is 0.269 e. The first-order valence-electron chi connectivity index (χ1n) is 6.08. The molecule has 0 saturated carbocycles. The SMILES string of the molecule is CC(C(=O)NCc1ccn[nH]1)c1cccc([N+](=O)[O-])c1. The number of carbonyl (C=O) groups is 1. The Morgan fingerprint density at radius 1 is 1.50 bits per heavy atom. The first kappa shape index (κ1) is 13.7. The van der Waals surface area contributed by atoms with E-state index in [1.807, 2.05) is 0 Å². The molecule has 0 aliphatic carbocycles. The Labute approximate surface area is 115 Å². The Balaban J connectivity index is 2.02. The maximum atomic E-state index is 12.0. The largest absolute Gasteiger partial charge is 0.350 e. The molecule has 0 fully saturated rings. The van der Waals surface area contributed by atoms with E-state index in [9.17, 15) is 14.9 Å². The number of aromatic amines is 1. The number of hydrogen-bond donors (Lipinski definition) is 2. The number of amides is 1. The fraction of sp³-hybridized carbons (Fsp3) is 0.231. The summed E-state index contributed by atoms with van der Waals surface area (Å²) in [7, 11) is 0.